The average molecular weight is 429 g/mol. The first-order valence-corrected chi connectivity index (χ1v) is 9.53. The molecule has 156 valence electrons. The first-order chi connectivity index (χ1) is 14.1. The zero-order valence-electron chi connectivity index (χ0n) is 16.8. The van der Waals surface area contributed by atoms with Gasteiger partial charge >= 0.3 is 0 Å². The Balaban J connectivity index is 1.63. The molecule has 2 aromatic carbocycles. The number of hydrogen-bond acceptors (Lipinski definition) is 5. The summed E-state index contributed by atoms with van der Waals surface area (Å²) in [7, 11) is 0. The van der Waals surface area contributed by atoms with Crippen molar-refractivity contribution >= 4 is 28.9 Å². The second-order valence-corrected chi connectivity index (χ2v) is 8.07. The Morgan fingerprint density at radius 3 is 2.53 bits per heavy atom. The number of hydrogen-bond donors (Lipinski definition) is 1. The first kappa shape index (κ1) is 21.3. The summed E-state index contributed by atoms with van der Waals surface area (Å²) in [6.07, 6.45) is 1.60. The van der Waals surface area contributed by atoms with Gasteiger partial charge in [-0.3, -0.25) is 14.9 Å². The molecule has 0 aliphatic heterocycles. The van der Waals surface area contributed by atoms with Crippen LogP contribution in [-0.4, -0.2) is 20.6 Å². The van der Waals surface area contributed by atoms with Crippen molar-refractivity contribution in [2.45, 2.75) is 32.9 Å². The second-order valence-electron chi connectivity index (χ2n) is 7.66. The van der Waals surface area contributed by atoms with Crippen molar-refractivity contribution in [3.05, 3.63) is 81.1 Å². The van der Waals surface area contributed by atoms with Crippen molar-refractivity contribution in [1.82, 2.24) is 9.78 Å². The molecule has 0 bridgehead atoms. The Kier molecular flexibility index (Phi) is 6.07. The van der Waals surface area contributed by atoms with Crippen LogP contribution in [0.2, 0.25) is 5.02 Å². The molecular formula is C21H21ClN4O4. The Morgan fingerprint density at radius 1 is 1.20 bits per heavy atom. The summed E-state index contributed by atoms with van der Waals surface area (Å²) in [5, 5.41) is 17.8. The second kappa shape index (κ2) is 8.54. The minimum Gasteiger partial charge on any atom is -0.471 e. The maximum absolute atomic E-state index is 12.4. The standard InChI is InChI=1S/C21H21ClN4O4/c1-21(2,3)14-4-7-16(8-5-14)30-13-25-11-10-18(24-25)20(27)23-19-12-15(26(28)29)6-9-17(19)22/h4-12H,13H2,1-3H3,(H,23,27). The van der Waals surface area contributed by atoms with E-state index in [1.165, 1.54) is 34.5 Å². The largest absolute Gasteiger partial charge is 0.471 e. The van der Waals surface area contributed by atoms with E-state index in [1.807, 2.05) is 24.3 Å². The molecule has 0 saturated carbocycles. The van der Waals surface area contributed by atoms with E-state index in [-0.39, 0.29) is 34.2 Å². The zero-order chi connectivity index (χ0) is 21.9. The number of nitrogens with zero attached hydrogens (tertiary/aromatic N) is 3. The number of non-ortho nitro benzene ring substituents is 1. The number of aromatic nitrogens is 2. The van der Waals surface area contributed by atoms with Crippen molar-refractivity contribution in [2.75, 3.05) is 5.32 Å². The van der Waals surface area contributed by atoms with E-state index >= 15 is 0 Å². The van der Waals surface area contributed by atoms with E-state index in [4.69, 9.17) is 16.3 Å². The molecule has 1 amide bonds. The fraction of sp³-hybridized carbons (Fsp3) is 0.238. The lowest BCUT2D eigenvalue weighted by molar-refractivity contribution is -0.384. The third-order valence-corrected chi connectivity index (χ3v) is 4.70. The van der Waals surface area contributed by atoms with Gasteiger partial charge in [0, 0.05) is 18.3 Å². The van der Waals surface area contributed by atoms with Gasteiger partial charge in [-0.25, -0.2) is 4.68 Å². The monoisotopic (exact) mass is 428 g/mol. The molecule has 8 nitrogen and oxygen atoms in total. The predicted molar refractivity (Wildman–Crippen MR) is 114 cm³/mol. The molecule has 0 radical (unpaired) electrons. The van der Waals surface area contributed by atoms with Crippen LogP contribution >= 0.6 is 11.6 Å². The molecule has 0 spiro atoms. The maximum atomic E-state index is 12.4. The fourth-order valence-electron chi connectivity index (χ4n) is 2.66. The Labute approximate surface area is 178 Å². The van der Waals surface area contributed by atoms with E-state index in [9.17, 15) is 14.9 Å². The van der Waals surface area contributed by atoms with Gasteiger partial charge in [0.05, 0.1) is 15.6 Å². The van der Waals surface area contributed by atoms with Crippen molar-refractivity contribution < 1.29 is 14.5 Å². The highest BCUT2D eigenvalue weighted by Crippen LogP contribution is 2.27. The number of anilines is 1. The average Bonchev–Trinajstić information content (AvgIpc) is 3.17. The van der Waals surface area contributed by atoms with E-state index in [0.717, 1.165) is 0 Å². The van der Waals surface area contributed by atoms with Crippen LogP contribution < -0.4 is 10.1 Å². The number of carbonyl (C=O) groups excluding carboxylic acids is 1. The Morgan fingerprint density at radius 2 is 1.90 bits per heavy atom. The molecule has 0 aliphatic rings. The first-order valence-electron chi connectivity index (χ1n) is 9.15. The van der Waals surface area contributed by atoms with Crippen LogP contribution in [0.15, 0.2) is 54.7 Å². The van der Waals surface area contributed by atoms with Gasteiger partial charge in [-0.15, -0.1) is 0 Å². The summed E-state index contributed by atoms with van der Waals surface area (Å²) in [5.41, 5.74) is 1.36. The SMILES string of the molecule is CC(C)(C)c1ccc(OCn2ccc(C(=O)Nc3cc([N+](=O)[O-])ccc3Cl)n2)cc1. The van der Waals surface area contributed by atoms with Crippen LogP contribution in [0.4, 0.5) is 11.4 Å². The molecule has 0 aliphatic carbocycles. The van der Waals surface area contributed by atoms with Crippen LogP contribution in [0.5, 0.6) is 5.75 Å². The smallest absolute Gasteiger partial charge is 0.276 e. The van der Waals surface area contributed by atoms with Gasteiger partial charge in [0.25, 0.3) is 11.6 Å². The number of ether oxygens (including phenoxy) is 1. The highest BCUT2D eigenvalue weighted by molar-refractivity contribution is 6.34. The minimum absolute atomic E-state index is 0.0604. The molecule has 3 rings (SSSR count). The molecule has 1 heterocycles. The summed E-state index contributed by atoms with van der Waals surface area (Å²) in [6, 6.07) is 13.1. The van der Waals surface area contributed by atoms with Crippen LogP contribution in [-0.2, 0) is 12.1 Å². The lowest BCUT2D eigenvalue weighted by Gasteiger charge is -2.19. The lowest BCUT2D eigenvalue weighted by atomic mass is 9.87. The topological polar surface area (TPSA) is 99.3 Å². The summed E-state index contributed by atoms with van der Waals surface area (Å²) in [4.78, 5) is 22.7. The van der Waals surface area contributed by atoms with Crippen molar-refractivity contribution in [3.8, 4) is 5.75 Å². The third-order valence-electron chi connectivity index (χ3n) is 4.37. The Bertz CT molecular complexity index is 1070. The highest BCUT2D eigenvalue weighted by atomic mass is 35.5. The van der Waals surface area contributed by atoms with Crippen LogP contribution in [0, 0.1) is 10.1 Å². The van der Waals surface area contributed by atoms with Gasteiger partial charge < -0.3 is 10.1 Å². The summed E-state index contributed by atoms with van der Waals surface area (Å²) >= 11 is 6.01. The highest BCUT2D eigenvalue weighted by Gasteiger charge is 2.16. The molecular weight excluding hydrogens is 408 g/mol. The van der Waals surface area contributed by atoms with Gasteiger partial charge in [0.2, 0.25) is 0 Å². The van der Waals surface area contributed by atoms with Crippen LogP contribution in [0.3, 0.4) is 0 Å². The molecule has 30 heavy (non-hydrogen) atoms. The maximum Gasteiger partial charge on any atom is 0.276 e. The van der Waals surface area contributed by atoms with E-state index < -0.39 is 10.8 Å². The molecule has 3 aromatic rings. The van der Waals surface area contributed by atoms with Gasteiger partial charge in [-0.2, -0.15) is 5.10 Å². The molecule has 0 saturated heterocycles. The molecule has 9 heteroatoms. The molecule has 1 aromatic heterocycles. The molecule has 0 unspecified atom stereocenters. The third kappa shape index (κ3) is 5.15. The van der Waals surface area contributed by atoms with Crippen molar-refractivity contribution in [3.63, 3.8) is 0 Å². The lowest BCUT2D eigenvalue weighted by Crippen LogP contribution is -2.14. The van der Waals surface area contributed by atoms with Gasteiger partial charge in [0.1, 0.15) is 5.75 Å². The van der Waals surface area contributed by atoms with E-state index in [1.54, 1.807) is 6.20 Å². The number of halogens is 1. The number of amides is 1. The minimum atomic E-state index is -0.563. The normalized spacial score (nSPS) is 11.2. The number of nitrogens with one attached hydrogen (secondary N) is 1. The molecule has 0 fully saturated rings. The van der Waals surface area contributed by atoms with E-state index in [0.29, 0.717) is 5.75 Å². The van der Waals surface area contributed by atoms with Crippen molar-refractivity contribution in [2.24, 2.45) is 0 Å². The molecule has 0 atom stereocenters. The van der Waals surface area contributed by atoms with Crippen LogP contribution in [0.25, 0.3) is 0 Å². The Hall–Kier alpha value is -3.39. The fourth-order valence-corrected chi connectivity index (χ4v) is 2.82. The van der Waals surface area contributed by atoms with Gasteiger partial charge in [-0.1, -0.05) is 44.5 Å². The number of benzene rings is 2. The summed E-state index contributed by atoms with van der Waals surface area (Å²) in [6.45, 7) is 6.54. The van der Waals surface area contributed by atoms with Gasteiger partial charge in [0.15, 0.2) is 12.4 Å². The number of nitro groups is 1. The summed E-state index contributed by atoms with van der Waals surface area (Å²) in [5.74, 6) is 0.151. The number of nitro benzene ring substituents is 1. The number of rotatable bonds is 6. The molecule has 1 N–H and O–H groups in total. The zero-order valence-corrected chi connectivity index (χ0v) is 17.5. The van der Waals surface area contributed by atoms with Crippen molar-refractivity contribution in [1.29, 1.82) is 0 Å². The number of carbonyl (C=O) groups is 1. The van der Waals surface area contributed by atoms with E-state index in [2.05, 4.69) is 31.2 Å². The van der Waals surface area contributed by atoms with Gasteiger partial charge in [-0.05, 0) is 35.2 Å². The summed E-state index contributed by atoms with van der Waals surface area (Å²) < 4.78 is 7.18. The predicted octanol–water partition coefficient (Wildman–Crippen LogP) is 5.03. The van der Waals surface area contributed by atoms with Crippen LogP contribution in [0.1, 0.15) is 36.8 Å². The quantitative estimate of drug-likeness (QED) is 0.438.